The molecule has 4 rings (SSSR count). The van der Waals surface area contributed by atoms with E-state index in [9.17, 15) is 18.3 Å². The quantitative estimate of drug-likeness (QED) is 0.462. The first kappa shape index (κ1) is 23.1. The molecule has 3 heterocycles. The molecule has 172 valence electrons. The van der Waals surface area contributed by atoms with Gasteiger partial charge in [0.25, 0.3) is 0 Å². The predicted octanol–water partition coefficient (Wildman–Crippen LogP) is 4.73. The monoisotopic (exact) mass is 475 g/mol. The predicted molar refractivity (Wildman–Crippen MR) is 118 cm³/mol. The number of fused-ring (bicyclic) bond motifs is 1. The molecule has 0 aliphatic carbocycles. The van der Waals surface area contributed by atoms with E-state index < -0.39 is 18.2 Å². The maximum absolute atomic E-state index is 13.1. The lowest BCUT2D eigenvalue weighted by atomic mass is 9.82. The van der Waals surface area contributed by atoms with Crippen LogP contribution < -0.4 is 0 Å². The van der Waals surface area contributed by atoms with Crippen molar-refractivity contribution in [3.63, 3.8) is 0 Å². The van der Waals surface area contributed by atoms with Crippen LogP contribution in [-0.4, -0.2) is 36.2 Å². The van der Waals surface area contributed by atoms with Crippen LogP contribution in [-0.2, 0) is 19.1 Å². The molecule has 0 saturated carbocycles. The molecule has 6 nitrogen and oxygen atoms in total. The Hall–Kier alpha value is -3.04. The molecule has 1 aromatic carbocycles. The van der Waals surface area contributed by atoms with Crippen molar-refractivity contribution in [2.24, 2.45) is 7.05 Å². The van der Waals surface area contributed by atoms with Gasteiger partial charge in [0.1, 0.15) is 0 Å². The molecule has 33 heavy (non-hydrogen) atoms. The van der Waals surface area contributed by atoms with E-state index in [0.717, 1.165) is 5.69 Å². The summed E-state index contributed by atoms with van der Waals surface area (Å²) < 4.78 is 40.9. The van der Waals surface area contributed by atoms with E-state index in [0.29, 0.717) is 33.4 Å². The van der Waals surface area contributed by atoms with Gasteiger partial charge in [-0.25, -0.2) is 4.68 Å². The van der Waals surface area contributed by atoms with Crippen molar-refractivity contribution in [3.8, 4) is 0 Å². The van der Waals surface area contributed by atoms with E-state index in [-0.39, 0.29) is 16.3 Å². The van der Waals surface area contributed by atoms with Crippen LogP contribution in [0.1, 0.15) is 39.5 Å². The second kappa shape index (κ2) is 8.07. The first-order valence-corrected chi connectivity index (χ1v) is 10.5. The van der Waals surface area contributed by atoms with Gasteiger partial charge in [0.2, 0.25) is 0 Å². The van der Waals surface area contributed by atoms with Crippen molar-refractivity contribution in [3.05, 3.63) is 81.0 Å². The number of nitrogens with zero attached hydrogens (tertiary/aromatic N) is 5. The molecule has 10 heteroatoms. The minimum Gasteiger partial charge on any atom is -0.374 e. The number of alkyl halides is 3. The number of aromatic nitrogens is 5. The maximum atomic E-state index is 13.1. The smallest absolute Gasteiger partial charge is 0.374 e. The van der Waals surface area contributed by atoms with Crippen LogP contribution in [0.15, 0.2) is 36.5 Å². The van der Waals surface area contributed by atoms with Crippen molar-refractivity contribution in [2.45, 2.75) is 39.0 Å². The van der Waals surface area contributed by atoms with Crippen molar-refractivity contribution in [2.75, 3.05) is 0 Å². The minimum atomic E-state index is -4.44. The van der Waals surface area contributed by atoms with Crippen LogP contribution in [0.25, 0.3) is 10.9 Å². The molecule has 1 N–H and O–H groups in total. The summed E-state index contributed by atoms with van der Waals surface area (Å²) in [7, 11) is 1.64. The number of benzene rings is 1. The Morgan fingerprint density at radius 3 is 2.36 bits per heavy atom. The van der Waals surface area contributed by atoms with Gasteiger partial charge in [-0.2, -0.15) is 13.2 Å². The Bertz CT molecular complexity index is 1370. The van der Waals surface area contributed by atoms with Gasteiger partial charge < -0.3 is 5.11 Å². The van der Waals surface area contributed by atoms with Crippen LogP contribution in [0, 0.1) is 20.8 Å². The third-order valence-electron chi connectivity index (χ3n) is 5.72. The van der Waals surface area contributed by atoms with E-state index >= 15 is 0 Å². The topological polar surface area (TPSA) is 76.7 Å². The molecule has 0 amide bonds. The van der Waals surface area contributed by atoms with Gasteiger partial charge in [-0.3, -0.25) is 9.97 Å². The SMILES string of the molecule is Cc1ccc(C(O)(c2ccc3nc(C)c(CC(F)(F)F)c(Cl)c3c2)c2cnnn2C)c(C)n1. The number of halogens is 4. The van der Waals surface area contributed by atoms with Crippen molar-refractivity contribution >= 4 is 22.5 Å². The first-order chi connectivity index (χ1) is 15.4. The van der Waals surface area contributed by atoms with Crippen molar-refractivity contribution in [1.29, 1.82) is 0 Å². The fourth-order valence-electron chi connectivity index (χ4n) is 4.14. The summed E-state index contributed by atoms with van der Waals surface area (Å²) in [6.07, 6.45) is -4.19. The number of hydrogen-bond acceptors (Lipinski definition) is 5. The number of hydrogen-bond donors (Lipinski definition) is 1. The Labute approximate surface area is 193 Å². The normalized spacial score (nSPS) is 14.0. The van der Waals surface area contributed by atoms with Crippen LogP contribution in [0.4, 0.5) is 13.2 Å². The highest BCUT2D eigenvalue weighted by molar-refractivity contribution is 6.36. The molecule has 0 aliphatic rings. The number of aliphatic hydroxyl groups is 1. The molecular formula is C23H21ClF3N5O. The molecule has 4 aromatic rings. The highest BCUT2D eigenvalue weighted by Gasteiger charge is 2.39. The zero-order chi connectivity index (χ0) is 24.1. The molecule has 0 radical (unpaired) electrons. The summed E-state index contributed by atoms with van der Waals surface area (Å²) in [6.45, 7) is 5.12. The minimum absolute atomic E-state index is 0.0408. The summed E-state index contributed by atoms with van der Waals surface area (Å²) in [5, 5.41) is 20.3. The second-order valence-electron chi connectivity index (χ2n) is 8.05. The molecule has 1 atom stereocenters. The van der Waals surface area contributed by atoms with Crippen LogP contribution >= 0.6 is 11.6 Å². The highest BCUT2D eigenvalue weighted by atomic mass is 35.5. The van der Waals surface area contributed by atoms with Gasteiger partial charge in [-0.05, 0) is 44.5 Å². The summed E-state index contributed by atoms with van der Waals surface area (Å²) in [4.78, 5) is 8.79. The van der Waals surface area contributed by atoms with Crippen molar-refractivity contribution < 1.29 is 18.3 Å². The first-order valence-electron chi connectivity index (χ1n) is 10.1. The van der Waals surface area contributed by atoms with Crippen molar-refractivity contribution in [1.82, 2.24) is 25.0 Å². The largest absolute Gasteiger partial charge is 0.393 e. The van der Waals surface area contributed by atoms with Gasteiger partial charge in [0.15, 0.2) is 5.60 Å². The maximum Gasteiger partial charge on any atom is 0.393 e. The zero-order valence-corrected chi connectivity index (χ0v) is 19.1. The van der Waals surface area contributed by atoms with Gasteiger partial charge in [0, 0.05) is 40.6 Å². The van der Waals surface area contributed by atoms with Gasteiger partial charge in [-0.15, -0.1) is 5.10 Å². The summed E-state index contributed by atoms with van der Waals surface area (Å²) >= 11 is 6.47. The zero-order valence-electron chi connectivity index (χ0n) is 18.4. The summed E-state index contributed by atoms with van der Waals surface area (Å²) in [6, 6.07) is 8.40. The molecule has 3 aromatic heterocycles. The van der Waals surface area contributed by atoms with E-state index in [4.69, 9.17) is 11.6 Å². The third kappa shape index (κ3) is 4.06. The lowest BCUT2D eigenvalue weighted by molar-refractivity contribution is -0.127. The highest BCUT2D eigenvalue weighted by Crippen LogP contribution is 2.40. The number of aryl methyl sites for hydroxylation is 4. The van der Waals surface area contributed by atoms with Crippen LogP contribution in [0.5, 0.6) is 0 Å². The lowest BCUT2D eigenvalue weighted by Gasteiger charge is -2.30. The molecule has 1 unspecified atom stereocenters. The second-order valence-corrected chi connectivity index (χ2v) is 8.43. The average Bonchev–Trinajstić information content (AvgIpc) is 3.16. The Morgan fingerprint density at radius 2 is 1.76 bits per heavy atom. The average molecular weight is 476 g/mol. The fourth-order valence-corrected chi connectivity index (χ4v) is 4.49. The Balaban J connectivity index is 2.01. The molecule has 0 saturated heterocycles. The Morgan fingerprint density at radius 1 is 1.03 bits per heavy atom. The molecule has 0 aliphatic heterocycles. The third-order valence-corrected chi connectivity index (χ3v) is 6.15. The van der Waals surface area contributed by atoms with Gasteiger partial charge >= 0.3 is 6.18 Å². The number of rotatable bonds is 4. The summed E-state index contributed by atoms with van der Waals surface area (Å²) in [5.41, 5.74) is 1.40. The molecular weight excluding hydrogens is 455 g/mol. The Kier molecular flexibility index (Phi) is 5.66. The van der Waals surface area contributed by atoms with E-state index in [1.807, 2.05) is 6.92 Å². The fraction of sp³-hybridized carbons (Fsp3) is 0.304. The standard InChI is InChI=1S/C23H21ClF3N5O/c1-12-5-7-18(14(3)29-12)23(33,20-11-28-31-32(20)4)15-6-8-19-16(9-15)21(24)17(13(2)30-19)10-22(25,26)27/h5-9,11,33H,10H2,1-4H3. The molecule has 0 bridgehead atoms. The van der Waals surface area contributed by atoms with E-state index in [1.54, 1.807) is 44.3 Å². The van der Waals surface area contributed by atoms with E-state index in [1.165, 1.54) is 17.8 Å². The van der Waals surface area contributed by atoms with Crippen LogP contribution in [0.3, 0.4) is 0 Å². The van der Waals surface area contributed by atoms with Gasteiger partial charge in [0.05, 0.1) is 28.9 Å². The lowest BCUT2D eigenvalue weighted by Crippen LogP contribution is -2.32. The molecule has 0 spiro atoms. The van der Waals surface area contributed by atoms with E-state index in [2.05, 4.69) is 20.3 Å². The van der Waals surface area contributed by atoms with Crippen LogP contribution in [0.2, 0.25) is 5.02 Å². The molecule has 0 fully saturated rings. The number of pyridine rings is 2. The van der Waals surface area contributed by atoms with Gasteiger partial charge in [-0.1, -0.05) is 28.9 Å². The summed E-state index contributed by atoms with van der Waals surface area (Å²) in [5.74, 6) is 0.